The number of furan rings is 1. The maximum atomic E-state index is 6.08. The molecule has 2 fully saturated rings. The number of nitrogens with zero attached hydrogens (tertiary/aromatic N) is 2. The molecule has 0 aliphatic carbocycles. The lowest BCUT2D eigenvalue weighted by molar-refractivity contribution is -0.0367. The zero-order valence-corrected chi connectivity index (χ0v) is 18.7. The van der Waals surface area contributed by atoms with E-state index in [4.69, 9.17) is 18.9 Å². The van der Waals surface area contributed by atoms with Crippen LogP contribution in [0.25, 0.3) is 0 Å². The molecule has 7 heteroatoms. The molecular weight excluding hydrogens is 457 g/mol. The van der Waals surface area contributed by atoms with E-state index in [1.165, 1.54) is 6.42 Å². The largest absolute Gasteiger partial charge is 0.469 e. The topological polar surface area (TPSA) is 59.2 Å². The normalized spacial score (nSPS) is 21.3. The highest BCUT2D eigenvalue weighted by molar-refractivity contribution is 14.0. The SMILES string of the molecule is CCCN=C(NCCc1ccco1)N1CCC(OCC2CCCO2)CC1.I. The molecule has 0 amide bonds. The fourth-order valence-corrected chi connectivity index (χ4v) is 3.49. The minimum Gasteiger partial charge on any atom is -0.469 e. The predicted molar refractivity (Wildman–Crippen MR) is 118 cm³/mol. The smallest absolute Gasteiger partial charge is 0.193 e. The highest BCUT2D eigenvalue weighted by atomic mass is 127. The van der Waals surface area contributed by atoms with E-state index < -0.39 is 0 Å². The molecule has 2 aliphatic heterocycles. The molecule has 1 aromatic heterocycles. The molecule has 1 N–H and O–H groups in total. The van der Waals surface area contributed by atoms with Crippen LogP contribution in [0.1, 0.15) is 44.8 Å². The summed E-state index contributed by atoms with van der Waals surface area (Å²) in [5, 5.41) is 3.51. The van der Waals surface area contributed by atoms with Gasteiger partial charge >= 0.3 is 0 Å². The van der Waals surface area contributed by atoms with Gasteiger partial charge in [-0.1, -0.05) is 6.92 Å². The number of nitrogens with one attached hydrogen (secondary N) is 1. The first-order valence-corrected chi connectivity index (χ1v) is 10.1. The van der Waals surface area contributed by atoms with Crippen LogP contribution in [0.2, 0.25) is 0 Å². The lowest BCUT2D eigenvalue weighted by Gasteiger charge is -2.34. The molecule has 0 saturated carbocycles. The molecule has 0 bridgehead atoms. The Hall–Kier alpha value is -0.800. The quantitative estimate of drug-likeness (QED) is 0.343. The average Bonchev–Trinajstić information content (AvgIpc) is 3.37. The zero-order chi connectivity index (χ0) is 18.0. The van der Waals surface area contributed by atoms with Gasteiger partial charge in [-0.05, 0) is 44.2 Å². The molecule has 0 spiro atoms. The van der Waals surface area contributed by atoms with Crippen LogP contribution in [0.4, 0.5) is 0 Å². The number of rotatable bonds is 8. The number of piperidine rings is 1. The molecule has 3 rings (SSSR count). The Kier molecular flexibility index (Phi) is 10.5. The van der Waals surface area contributed by atoms with Crippen LogP contribution in [-0.2, 0) is 15.9 Å². The number of halogens is 1. The van der Waals surface area contributed by atoms with E-state index in [1.54, 1.807) is 6.26 Å². The van der Waals surface area contributed by atoms with Crippen molar-refractivity contribution in [2.45, 2.75) is 57.7 Å². The van der Waals surface area contributed by atoms with Gasteiger partial charge in [0.05, 0.1) is 25.1 Å². The Balaban J connectivity index is 0.00000261. The third-order valence-corrected chi connectivity index (χ3v) is 5.00. The average molecular weight is 491 g/mol. The van der Waals surface area contributed by atoms with Gasteiger partial charge in [-0.3, -0.25) is 4.99 Å². The van der Waals surface area contributed by atoms with E-state index in [-0.39, 0.29) is 24.0 Å². The van der Waals surface area contributed by atoms with Gasteiger partial charge in [0.25, 0.3) is 0 Å². The number of guanidine groups is 1. The summed E-state index contributed by atoms with van der Waals surface area (Å²) in [5.41, 5.74) is 0. The molecule has 27 heavy (non-hydrogen) atoms. The van der Waals surface area contributed by atoms with Gasteiger partial charge < -0.3 is 24.1 Å². The van der Waals surface area contributed by atoms with Crippen molar-refractivity contribution in [1.29, 1.82) is 0 Å². The highest BCUT2D eigenvalue weighted by Crippen LogP contribution is 2.18. The fourth-order valence-electron chi connectivity index (χ4n) is 3.49. The summed E-state index contributed by atoms with van der Waals surface area (Å²) in [4.78, 5) is 7.12. The summed E-state index contributed by atoms with van der Waals surface area (Å²) >= 11 is 0. The second-order valence-corrected chi connectivity index (χ2v) is 7.12. The van der Waals surface area contributed by atoms with Crippen LogP contribution in [0.15, 0.2) is 27.8 Å². The standard InChI is InChI=1S/C20H33N3O3.HI/c1-2-10-21-20(22-11-7-17-5-3-14-24-17)23-12-8-18(9-13-23)26-16-19-6-4-15-25-19;/h3,5,14,18-19H,2,4,6-13,15-16H2,1H3,(H,21,22);1H. The van der Waals surface area contributed by atoms with E-state index in [9.17, 15) is 0 Å². The number of likely N-dealkylation sites (tertiary alicyclic amines) is 1. The zero-order valence-electron chi connectivity index (χ0n) is 16.4. The lowest BCUT2D eigenvalue weighted by Crippen LogP contribution is -2.47. The summed E-state index contributed by atoms with van der Waals surface area (Å²) in [6.07, 6.45) is 8.76. The number of ether oxygens (including phenoxy) is 2. The molecule has 2 saturated heterocycles. The van der Waals surface area contributed by atoms with Crippen LogP contribution in [-0.4, -0.2) is 62.5 Å². The van der Waals surface area contributed by atoms with E-state index in [1.807, 2.05) is 12.1 Å². The summed E-state index contributed by atoms with van der Waals surface area (Å²) in [5.74, 6) is 2.03. The summed E-state index contributed by atoms with van der Waals surface area (Å²) < 4.78 is 17.1. The predicted octanol–water partition coefficient (Wildman–Crippen LogP) is 3.46. The van der Waals surface area contributed by atoms with Gasteiger partial charge in [0, 0.05) is 39.2 Å². The van der Waals surface area contributed by atoms with E-state index in [2.05, 4.69) is 17.1 Å². The molecule has 1 aromatic rings. The molecule has 2 aliphatic rings. The van der Waals surface area contributed by atoms with Crippen LogP contribution in [0.5, 0.6) is 0 Å². The summed E-state index contributed by atoms with van der Waals surface area (Å²) in [6, 6.07) is 3.95. The maximum absolute atomic E-state index is 6.08. The van der Waals surface area contributed by atoms with Crippen molar-refractivity contribution in [3.05, 3.63) is 24.2 Å². The third kappa shape index (κ3) is 7.62. The lowest BCUT2D eigenvalue weighted by atomic mass is 10.1. The Labute approximate surface area is 180 Å². The van der Waals surface area contributed by atoms with Crippen LogP contribution in [0, 0.1) is 0 Å². The Morgan fingerprint density at radius 2 is 2.19 bits per heavy atom. The van der Waals surface area contributed by atoms with Crippen molar-refractivity contribution < 1.29 is 13.9 Å². The Morgan fingerprint density at radius 3 is 2.85 bits per heavy atom. The van der Waals surface area contributed by atoms with Gasteiger partial charge in [0.15, 0.2) is 5.96 Å². The van der Waals surface area contributed by atoms with Crippen LogP contribution in [0.3, 0.4) is 0 Å². The number of hydrogen-bond donors (Lipinski definition) is 1. The van der Waals surface area contributed by atoms with Crippen LogP contribution < -0.4 is 5.32 Å². The Bertz CT molecular complexity index is 525. The first kappa shape index (κ1) is 22.5. The Morgan fingerprint density at radius 1 is 1.33 bits per heavy atom. The third-order valence-electron chi connectivity index (χ3n) is 5.00. The molecule has 0 radical (unpaired) electrons. The minimum absolute atomic E-state index is 0. The van der Waals surface area contributed by atoms with Gasteiger partial charge in [-0.15, -0.1) is 24.0 Å². The van der Waals surface area contributed by atoms with Crippen molar-refractivity contribution in [3.8, 4) is 0 Å². The van der Waals surface area contributed by atoms with E-state index in [0.717, 1.165) is 83.2 Å². The second kappa shape index (κ2) is 12.6. The van der Waals surface area contributed by atoms with Gasteiger partial charge in [0.2, 0.25) is 0 Å². The van der Waals surface area contributed by atoms with Crippen molar-refractivity contribution in [1.82, 2.24) is 10.2 Å². The van der Waals surface area contributed by atoms with Gasteiger partial charge in [0.1, 0.15) is 5.76 Å². The van der Waals surface area contributed by atoms with Crippen molar-refractivity contribution >= 4 is 29.9 Å². The highest BCUT2D eigenvalue weighted by Gasteiger charge is 2.24. The van der Waals surface area contributed by atoms with E-state index in [0.29, 0.717) is 12.2 Å². The van der Waals surface area contributed by atoms with Crippen molar-refractivity contribution in [2.24, 2.45) is 4.99 Å². The molecule has 6 nitrogen and oxygen atoms in total. The molecule has 0 aromatic carbocycles. The first-order valence-electron chi connectivity index (χ1n) is 10.1. The second-order valence-electron chi connectivity index (χ2n) is 7.12. The van der Waals surface area contributed by atoms with Crippen LogP contribution >= 0.6 is 24.0 Å². The number of aliphatic imine (C=N–C) groups is 1. The summed E-state index contributed by atoms with van der Waals surface area (Å²) in [6.45, 7) is 7.49. The summed E-state index contributed by atoms with van der Waals surface area (Å²) in [7, 11) is 0. The maximum Gasteiger partial charge on any atom is 0.193 e. The van der Waals surface area contributed by atoms with E-state index >= 15 is 0 Å². The molecular formula is C20H34IN3O3. The monoisotopic (exact) mass is 491 g/mol. The fraction of sp³-hybridized carbons (Fsp3) is 0.750. The van der Waals surface area contributed by atoms with Crippen molar-refractivity contribution in [2.75, 3.05) is 39.4 Å². The molecule has 1 unspecified atom stereocenters. The first-order chi connectivity index (χ1) is 12.8. The number of hydrogen-bond acceptors (Lipinski definition) is 4. The van der Waals surface area contributed by atoms with Gasteiger partial charge in [-0.2, -0.15) is 0 Å². The molecule has 3 heterocycles. The molecule has 154 valence electrons. The molecule has 1 atom stereocenters. The van der Waals surface area contributed by atoms with Gasteiger partial charge in [-0.25, -0.2) is 0 Å². The minimum atomic E-state index is 0. The van der Waals surface area contributed by atoms with Crippen molar-refractivity contribution in [3.63, 3.8) is 0 Å².